The lowest BCUT2D eigenvalue weighted by Gasteiger charge is -2.09. The maximum Gasteiger partial charge on any atom is 0.287 e. The van der Waals surface area contributed by atoms with E-state index in [4.69, 9.17) is 0 Å². The minimum Gasteiger partial charge on any atom is -0.318 e. The van der Waals surface area contributed by atoms with Crippen LogP contribution < -0.4 is 5.32 Å². The van der Waals surface area contributed by atoms with Gasteiger partial charge in [0.15, 0.2) is 0 Å². The average molecular weight is 282 g/mol. The molecule has 0 aromatic heterocycles. The second kappa shape index (κ2) is 5.16. The van der Waals surface area contributed by atoms with Gasteiger partial charge in [0, 0.05) is 10.0 Å². The summed E-state index contributed by atoms with van der Waals surface area (Å²) in [5.41, 5.74) is 0.126. The third-order valence-electron chi connectivity index (χ3n) is 1.60. The predicted molar refractivity (Wildman–Crippen MR) is 52.5 cm³/mol. The molecular formula is C9H7BrF3NO. The molecule has 1 atom stereocenters. The molecule has 1 amide bonds. The van der Waals surface area contributed by atoms with Gasteiger partial charge in [-0.05, 0) is 24.3 Å². The van der Waals surface area contributed by atoms with Crippen LogP contribution in [0.2, 0.25) is 0 Å². The van der Waals surface area contributed by atoms with Gasteiger partial charge in [-0.15, -0.1) is 0 Å². The summed E-state index contributed by atoms with van der Waals surface area (Å²) in [6.07, 6.45) is -5.86. The van der Waals surface area contributed by atoms with Gasteiger partial charge in [-0.25, -0.2) is 13.2 Å². The maximum atomic E-state index is 12.4. The van der Waals surface area contributed by atoms with Crippen molar-refractivity contribution < 1.29 is 18.0 Å². The lowest BCUT2D eigenvalue weighted by molar-refractivity contribution is 0.0287. The zero-order valence-electron chi connectivity index (χ0n) is 7.38. The van der Waals surface area contributed by atoms with Crippen molar-refractivity contribution in [3.8, 4) is 0 Å². The summed E-state index contributed by atoms with van der Waals surface area (Å²) in [5.74, 6) is -0.865. The largest absolute Gasteiger partial charge is 0.318 e. The smallest absolute Gasteiger partial charge is 0.287 e. The number of carbonyl (C=O) groups is 1. The monoisotopic (exact) mass is 281 g/mol. The summed E-state index contributed by atoms with van der Waals surface area (Å²) in [6.45, 7) is 0. The fraction of sp³-hybridized carbons (Fsp3) is 0.222. The highest BCUT2D eigenvalue weighted by Gasteiger charge is 2.21. The van der Waals surface area contributed by atoms with Gasteiger partial charge < -0.3 is 5.32 Å². The van der Waals surface area contributed by atoms with Crippen molar-refractivity contribution in [2.75, 3.05) is 0 Å². The van der Waals surface area contributed by atoms with Crippen LogP contribution in [0, 0.1) is 0 Å². The fourth-order valence-corrected chi connectivity index (χ4v) is 1.14. The van der Waals surface area contributed by atoms with E-state index in [0.717, 1.165) is 4.47 Å². The first-order valence-electron chi connectivity index (χ1n) is 3.99. The Labute approximate surface area is 92.6 Å². The quantitative estimate of drug-likeness (QED) is 0.848. The Kier molecular flexibility index (Phi) is 4.14. The molecule has 0 spiro atoms. The van der Waals surface area contributed by atoms with Crippen LogP contribution in [0.5, 0.6) is 0 Å². The molecule has 0 bridgehead atoms. The molecule has 0 saturated heterocycles. The zero-order valence-corrected chi connectivity index (χ0v) is 8.97. The Bertz CT molecular complexity index is 342. The first-order chi connectivity index (χ1) is 7.00. The molecule has 0 saturated carbocycles. The molecule has 2 nitrogen and oxygen atoms in total. The van der Waals surface area contributed by atoms with Gasteiger partial charge in [0.25, 0.3) is 12.3 Å². The van der Waals surface area contributed by atoms with Crippen LogP contribution in [0.15, 0.2) is 28.7 Å². The van der Waals surface area contributed by atoms with E-state index in [1.54, 1.807) is 17.4 Å². The first-order valence-corrected chi connectivity index (χ1v) is 4.78. The molecule has 0 aliphatic carbocycles. The van der Waals surface area contributed by atoms with Crippen LogP contribution >= 0.6 is 15.9 Å². The van der Waals surface area contributed by atoms with Crippen molar-refractivity contribution in [2.24, 2.45) is 0 Å². The topological polar surface area (TPSA) is 29.1 Å². The van der Waals surface area contributed by atoms with E-state index in [0.29, 0.717) is 0 Å². The van der Waals surface area contributed by atoms with Gasteiger partial charge in [-0.3, -0.25) is 4.79 Å². The molecule has 0 aliphatic rings. The summed E-state index contributed by atoms with van der Waals surface area (Å²) in [5, 5.41) is 1.54. The van der Waals surface area contributed by atoms with Crippen LogP contribution in [0.4, 0.5) is 13.2 Å². The molecule has 1 unspecified atom stereocenters. The number of halogens is 4. The Balaban J connectivity index is 2.65. The fourth-order valence-electron chi connectivity index (χ4n) is 0.873. The molecule has 0 heterocycles. The SMILES string of the molecule is O=C(NC(F)C(F)F)c1ccc(Br)cc1. The highest BCUT2D eigenvalue weighted by molar-refractivity contribution is 9.10. The van der Waals surface area contributed by atoms with E-state index >= 15 is 0 Å². The van der Waals surface area contributed by atoms with Gasteiger partial charge in [0.05, 0.1) is 0 Å². The van der Waals surface area contributed by atoms with Gasteiger partial charge in [0.1, 0.15) is 0 Å². The Morgan fingerprint density at radius 2 is 1.73 bits per heavy atom. The number of benzene rings is 1. The first kappa shape index (κ1) is 12.0. The number of hydrogen-bond acceptors (Lipinski definition) is 1. The molecule has 82 valence electrons. The van der Waals surface area contributed by atoms with Crippen molar-refractivity contribution >= 4 is 21.8 Å². The van der Waals surface area contributed by atoms with Crippen molar-refractivity contribution in [1.82, 2.24) is 5.32 Å². The molecule has 1 rings (SSSR count). The minimum atomic E-state index is -3.22. The summed E-state index contributed by atoms with van der Waals surface area (Å²) in [6, 6.07) is 5.92. The number of nitrogens with one attached hydrogen (secondary N) is 1. The van der Waals surface area contributed by atoms with Crippen LogP contribution in [-0.2, 0) is 0 Å². The second-order valence-corrected chi connectivity index (χ2v) is 3.63. The molecule has 0 fully saturated rings. The standard InChI is InChI=1S/C9H7BrF3NO/c10-6-3-1-5(2-4-6)9(15)14-8(13)7(11)12/h1-4,7-8H,(H,14,15). The van der Waals surface area contributed by atoms with E-state index in [1.807, 2.05) is 0 Å². The van der Waals surface area contributed by atoms with Crippen LogP contribution in [0.1, 0.15) is 10.4 Å². The lowest BCUT2D eigenvalue weighted by Crippen LogP contribution is -2.36. The predicted octanol–water partition coefficient (Wildman–Crippen LogP) is 2.74. The van der Waals surface area contributed by atoms with Crippen molar-refractivity contribution in [1.29, 1.82) is 0 Å². The third kappa shape index (κ3) is 3.54. The summed E-state index contributed by atoms with van der Waals surface area (Å²) in [4.78, 5) is 11.2. The molecule has 1 aromatic carbocycles. The average Bonchev–Trinajstić information content (AvgIpc) is 2.18. The molecule has 15 heavy (non-hydrogen) atoms. The number of amides is 1. The number of alkyl halides is 3. The molecular weight excluding hydrogens is 275 g/mol. The van der Waals surface area contributed by atoms with Crippen molar-refractivity contribution in [3.05, 3.63) is 34.3 Å². The maximum absolute atomic E-state index is 12.4. The number of hydrogen-bond donors (Lipinski definition) is 1. The van der Waals surface area contributed by atoms with E-state index in [1.165, 1.54) is 12.1 Å². The molecule has 6 heteroatoms. The molecule has 1 aromatic rings. The third-order valence-corrected chi connectivity index (χ3v) is 2.13. The van der Waals surface area contributed by atoms with Gasteiger partial charge in [-0.1, -0.05) is 15.9 Å². The Morgan fingerprint density at radius 3 is 2.20 bits per heavy atom. The normalized spacial score (nSPS) is 12.6. The van der Waals surface area contributed by atoms with Gasteiger partial charge in [-0.2, -0.15) is 0 Å². The van der Waals surface area contributed by atoms with Crippen LogP contribution in [0.25, 0.3) is 0 Å². The molecule has 0 aliphatic heterocycles. The Morgan fingerprint density at radius 1 is 1.20 bits per heavy atom. The minimum absolute atomic E-state index is 0.126. The van der Waals surface area contributed by atoms with Crippen LogP contribution in [-0.4, -0.2) is 18.6 Å². The molecule has 0 radical (unpaired) electrons. The number of rotatable bonds is 3. The number of carbonyl (C=O) groups excluding carboxylic acids is 1. The van der Waals surface area contributed by atoms with E-state index in [9.17, 15) is 18.0 Å². The highest BCUT2D eigenvalue weighted by Crippen LogP contribution is 2.11. The lowest BCUT2D eigenvalue weighted by atomic mass is 10.2. The summed E-state index contributed by atoms with van der Waals surface area (Å²) in [7, 11) is 0. The van der Waals surface area contributed by atoms with Gasteiger partial charge in [0.2, 0.25) is 6.30 Å². The highest BCUT2D eigenvalue weighted by atomic mass is 79.9. The zero-order chi connectivity index (χ0) is 11.4. The van der Waals surface area contributed by atoms with E-state index in [2.05, 4.69) is 15.9 Å². The van der Waals surface area contributed by atoms with Crippen LogP contribution in [0.3, 0.4) is 0 Å². The summed E-state index contributed by atoms with van der Waals surface area (Å²) < 4.78 is 36.7. The van der Waals surface area contributed by atoms with Gasteiger partial charge >= 0.3 is 0 Å². The van der Waals surface area contributed by atoms with Crippen molar-refractivity contribution in [2.45, 2.75) is 12.7 Å². The molecule has 1 N–H and O–H groups in total. The van der Waals surface area contributed by atoms with E-state index < -0.39 is 18.6 Å². The van der Waals surface area contributed by atoms with E-state index in [-0.39, 0.29) is 5.56 Å². The Hall–Kier alpha value is -1.04. The summed E-state index contributed by atoms with van der Waals surface area (Å²) >= 11 is 3.14. The second-order valence-electron chi connectivity index (χ2n) is 2.72. The van der Waals surface area contributed by atoms with Crippen molar-refractivity contribution in [3.63, 3.8) is 0 Å².